The molecule has 0 fully saturated rings. The van der Waals surface area contributed by atoms with E-state index in [1.54, 1.807) is 12.1 Å². The molecule has 1 heterocycles. The fourth-order valence-electron chi connectivity index (χ4n) is 3.55. The number of anilines is 1. The lowest BCUT2D eigenvalue weighted by Gasteiger charge is -2.32. The molecule has 0 saturated heterocycles. The van der Waals surface area contributed by atoms with Gasteiger partial charge in [-0.05, 0) is 35.7 Å². The van der Waals surface area contributed by atoms with E-state index in [1.807, 2.05) is 17.0 Å². The Balaban J connectivity index is 2.09. The Morgan fingerprint density at radius 1 is 1.17 bits per heavy atom. The van der Waals surface area contributed by atoms with Crippen molar-refractivity contribution in [2.75, 3.05) is 18.1 Å². The molecule has 1 N–H and O–H groups in total. The highest BCUT2D eigenvalue weighted by molar-refractivity contribution is 5.64. The highest BCUT2D eigenvalue weighted by Gasteiger charge is 2.40. The molecule has 2 aromatic rings. The first-order valence-corrected chi connectivity index (χ1v) is 7.86. The van der Waals surface area contributed by atoms with Crippen LogP contribution in [-0.2, 0) is 5.41 Å². The second kappa shape index (κ2) is 5.93. The molecular formula is C19H21F2NO. The van der Waals surface area contributed by atoms with Crippen LogP contribution in [0.3, 0.4) is 0 Å². The SMILES string of the molecule is CC1(C)CN([C@@H](CCO)c2cccc(F)c2)c2c(F)cccc21. The van der Waals surface area contributed by atoms with Crippen LogP contribution in [0.25, 0.3) is 0 Å². The number of fused-ring (bicyclic) bond motifs is 1. The fraction of sp³-hybridized carbons (Fsp3) is 0.368. The van der Waals surface area contributed by atoms with Gasteiger partial charge in [-0.25, -0.2) is 8.78 Å². The molecular weight excluding hydrogens is 296 g/mol. The molecule has 0 amide bonds. The summed E-state index contributed by atoms with van der Waals surface area (Å²) in [7, 11) is 0. The first-order valence-electron chi connectivity index (χ1n) is 7.86. The number of benzene rings is 2. The summed E-state index contributed by atoms with van der Waals surface area (Å²) < 4.78 is 28.1. The average molecular weight is 317 g/mol. The molecule has 0 radical (unpaired) electrons. The molecule has 2 nitrogen and oxygen atoms in total. The van der Waals surface area contributed by atoms with E-state index >= 15 is 0 Å². The van der Waals surface area contributed by atoms with Gasteiger partial charge in [-0.2, -0.15) is 0 Å². The summed E-state index contributed by atoms with van der Waals surface area (Å²) in [6.07, 6.45) is 0.424. The van der Waals surface area contributed by atoms with Gasteiger partial charge in [-0.15, -0.1) is 0 Å². The minimum absolute atomic E-state index is 0.0398. The number of hydrogen-bond acceptors (Lipinski definition) is 2. The van der Waals surface area contributed by atoms with Crippen molar-refractivity contribution >= 4 is 5.69 Å². The molecule has 0 unspecified atom stereocenters. The van der Waals surface area contributed by atoms with Crippen LogP contribution in [0.2, 0.25) is 0 Å². The second-order valence-corrected chi connectivity index (χ2v) is 6.73. The molecule has 2 aromatic carbocycles. The third-order valence-corrected chi connectivity index (χ3v) is 4.58. The Kier molecular flexibility index (Phi) is 4.11. The maximum Gasteiger partial charge on any atom is 0.146 e. The van der Waals surface area contributed by atoms with Crippen LogP contribution in [0.15, 0.2) is 42.5 Å². The Bertz CT molecular complexity index is 714. The summed E-state index contributed by atoms with van der Waals surface area (Å²) in [5, 5.41) is 9.46. The number of nitrogens with zero attached hydrogens (tertiary/aromatic N) is 1. The molecule has 1 atom stereocenters. The number of halogens is 2. The first-order chi connectivity index (χ1) is 10.9. The lowest BCUT2D eigenvalue weighted by Crippen LogP contribution is -2.33. The Labute approximate surface area is 135 Å². The molecule has 0 saturated carbocycles. The van der Waals surface area contributed by atoms with Gasteiger partial charge >= 0.3 is 0 Å². The summed E-state index contributed by atoms with van der Waals surface area (Å²) in [6, 6.07) is 11.2. The molecule has 0 aromatic heterocycles. The third kappa shape index (κ3) is 2.83. The summed E-state index contributed by atoms with van der Waals surface area (Å²) in [5.74, 6) is -0.593. The van der Waals surface area contributed by atoms with Gasteiger partial charge in [-0.3, -0.25) is 0 Å². The zero-order chi connectivity index (χ0) is 16.6. The highest BCUT2D eigenvalue weighted by Crippen LogP contribution is 2.46. The van der Waals surface area contributed by atoms with Gasteiger partial charge < -0.3 is 10.0 Å². The number of hydrogen-bond donors (Lipinski definition) is 1. The predicted molar refractivity (Wildman–Crippen MR) is 87.6 cm³/mol. The topological polar surface area (TPSA) is 23.5 Å². The van der Waals surface area contributed by atoms with Crippen molar-refractivity contribution in [1.29, 1.82) is 0 Å². The van der Waals surface area contributed by atoms with Crippen LogP contribution in [0.4, 0.5) is 14.5 Å². The first kappa shape index (κ1) is 15.9. The van der Waals surface area contributed by atoms with E-state index in [1.165, 1.54) is 18.2 Å². The lowest BCUT2D eigenvalue weighted by atomic mass is 9.87. The quantitative estimate of drug-likeness (QED) is 0.914. The molecule has 0 spiro atoms. The molecule has 0 aliphatic carbocycles. The van der Waals surface area contributed by atoms with Crippen molar-refractivity contribution in [2.45, 2.75) is 31.7 Å². The van der Waals surface area contributed by atoms with Crippen LogP contribution < -0.4 is 4.90 Å². The van der Waals surface area contributed by atoms with Gasteiger partial charge in [0, 0.05) is 18.6 Å². The van der Waals surface area contributed by atoms with E-state index in [2.05, 4.69) is 13.8 Å². The average Bonchev–Trinajstić information content (AvgIpc) is 2.78. The molecule has 122 valence electrons. The largest absolute Gasteiger partial charge is 0.396 e. The summed E-state index contributed by atoms with van der Waals surface area (Å²) in [6.45, 7) is 4.74. The molecule has 4 heteroatoms. The van der Waals surface area contributed by atoms with Crippen LogP contribution >= 0.6 is 0 Å². The van der Waals surface area contributed by atoms with Crippen LogP contribution in [-0.4, -0.2) is 18.3 Å². The van der Waals surface area contributed by atoms with Crippen molar-refractivity contribution in [3.63, 3.8) is 0 Å². The zero-order valence-corrected chi connectivity index (χ0v) is 13.4. The molecule has 0 bridgehead atoms. The standard InChI is InChI=1S/C19H21F2NO/c1-19(2)12-22(18-15(19)7-4-8-16(18)21)17(9-10-23)13-5-3-6-14(20)11-13/h3-8,11,17,23H,9-10,12H2,1-2H3/t17-/m0/s1. The van der Waals surface area contributed by atoms with Crippen molar-refractivity contribution in [3.05, 3.63) is 65.2 Å². The van der Waals surface area contributed by atoms with E-state index < -0.39 is 0 Å². The van der Waals surface area contributed by atoms with Gasteiger partial charge in [0.2, 0.25) is 0 Å². The van der Waals surface area contributed by atoms with Gasteiger partial charge in [0.1, 0.15) is 11.6 Å². The minimum Gasteiger partial charge on any atom is -0.396 e. The van der Waals surface area contributed by atoms with E-state index in [4.69, 9.17) is 0 Å². The molecule has 3 rings (SSSR count). The molecule has 23 heavy (non-hydrogen) atoms. The van der Waals surface area contributed by atoms with E-state index in [0.717, 1.165) is 11.1 Å². The Morgan fingerprint density at radius 3 is 2.61 bits per heavy atom. The van der Waals surface area contributed by atoms with E-state index in [0.29, 0.717) is 18.7 Å². The summed E-state index contributed by atoms with van der Waals surface area (Å²) in [4.78, 5) is 1.97. The van der Waals surface area contributed by atoms with Gasteiger partial charge in [-0.1, -0.05) is 38.1 Å². The van der Waals surface area contributed by atoms with E-state index in [-0.39, 0.29) is 29.7 Å². The lowest BCUT2D eigenvalue weighted by molar-refractivity contribution is 0.272. The van der Waals surface area contributed by atoms with Gasteiger partial charge in [0.15, 0.2) is 0 Å². The summed E-state index contributed by atoms with van der Waals surface area (Å²) >= 11 is 0. The minimum atomic E-state index is -0.322. The maximum atomic E-state index is 14.5. The zero-order valence-electron chi connectivity index (χ0n) is 13.4. The highest BCUT2D eigenvalue weighted by atomic mass is 19.1. The molecule has 1 aliphatic rings. The maximum absolute atomic E-state index is 14.5. The monoisotopic (exact) mass is 317 g/mol. The van der Waals surface area contributed by atoms with Crippen LogP contribution in [0.1, 0.15) is 37.4 Å². The van der Waals surface area contributed by atoms with Crippen molar-refractivity contribution in [2.24, 2.45) is 0 Å². The van der Waals surface area contributed by atoms with Crippen molar-refractivity contribution in [3.8, 4) is 0 Å². The van der Waals surface area contributed by atoms with Crippen LogP contribution in [0.5, 0.6) is 0 Å². The summed E-state index contributed by atoms with van der Waals surface area (Å²) in [5.41, 5.74) is 2.08. The van der Waals surface area contributed by atoms with E-state index in [9.17, 15) is 13.9 Å². The molecule has 1 aliphatic heterocycles. The number of rotatable bonds is 4. The Morgan fingerprint density at radius 2 is 1.91 bits per heavy atom. The van der Waals surface area contributed by atoms with Gasteiger partial charge in [0.05, 0.1) is 11.7 Å². The number of aliphatic hydroxyl groups excluding tert-OH is 1. The number of aliphatic hydroxyl groups is 1. The number of para-hydroxylation sites is 1. The Hall–Kier alpha value is -1.94. The normalized spacial score (nSPS) is 17.2. The van der Waals surface area contributed by atoms with Crippen molar-refractivity contribution < 1.29 is 13.9 Å². The smallest absolute Gasteiger partial charge is 0.146 e. The third-order valence-electron chi connectivity index (χ3n) is 4.58. The predicted octanol–water partition coefficient (Wildman–Crippen LogP) is 4.19. The second-order valence-electron chi connectivity index (χ2n) is 6.73. The van der Waals surface area contributed by atoms with Crippen LogP contribution in [0, 0.1) is 11.6 Å². The van der Waals surface area contributed by atoms with Gasteiger partial charge in [0.25, 0.3) is 0 Å². The van der Waals surface area contributed by atoms with Crippen molar-refractivity contribution in [1.82, 2.24) is 0 Å². The fourth-order valence-corrected chi connectivity index (χ4v) is 3.55.